The molecular weight excluding hydrogens is 601 g/mol. The normalized spacial score (nSPS) is 12.8. The van der Waals surface area contributed by atoms with Gasteiger partial charge >= 0.3 is 0 Å². The molecule has 0 aromatic heterocycles. The minimum atomic E-state index is -4.72. The molecule has 1 aliphatic carbocycles. The van der Waals surface area contributed by atoms with Gasteiger partial charge in [-0.2, -0.15) is 4.58 Å². The molecule has 0 saturated heterocycles. The Balaban J connectivity index is 1.63. The molecule has 1 aliphatic rings. The third-order valence-corrected chi connectivity index (χ3v) is 9.42. The van der Waals surface area contributed by atoms with E-state index in [0.29, 0.717) is 11.1 Å². The van der Waals surface area contributed by atoms with Crippen LogP contribution in [0.15, 0.2) is 132 Å². The molecule has 0 bridgehead atoms. The molecule has 0 radical (unpaired) electrons. The Morgan fingerprint density at radius 2 is 1.26 bits per heavy atom. The highest BCUT2D eigenvalue weighted by Crippen LogP contribution is 2.36. The standard InChI is InChI=1S/C41H44N2O3S/c1-5-7-29-42(35-21-13-31(3)14-22-35)37-25-17-33(18-26-37)41(39-11-9-10-12-40(39)47(44,45)46)34-19-27-38(28-20-34)43(30-8-6-2)36-23-15-32(4)16-24-36/h9-28H,5-8,29-30H2,1-4H3. The maximum Gasteiger partial charge on any atom is 0.205 e. The van der Waals surface area contributed by atoms with Crippen molar-refractivity contribution < 1.29 is 17.5 Å². The number of hydrogen-bond donors (Lipinski definition) is 0. The number of anilines is 2. The average Bonchev–Trinajstić information content (AvgIpc) is 3.08. The van der Waals surface area contributed by atoms with Gasteiger partial charge in [0, 0.05) is 54.2 Å². The zero-order valence-electron chi connectivity index (χ0n) is 27.8. The zero-order chi connectivity index (χ0) is 33.4. The monoisotopic (exact) mass is 644 g/mol. The van der Waals surface area contributed by atoms with E-state index in [9.17, 15) is 13.0 Å². The summed E-state index contributed by atoms with van der Waals surface area (Å²) in [6, 6.07) is 31.8. The van der Waals surface area contributed by atoms with E-state index in [1.165, 1.54) is 17.2 Å². The molecule has 4 aromatic carbocycles. The highest BCUT2D eigenvalue weighted by atomic mass is 32.2. The van der Waals surface area contributed by atoms with Crippen LogP contribution >= 0.6 is 0 Å². The molecule has 0 heterocycles. The topological polar surface area (TPSA) is 63.5 Å². The van der Waals surface area contributed by atoms with Crippen molar-refractivity contribution in [1.29, 1.82) is 0 Å². The summed E-state index contributed by atoms with van der Waals surface area (Å²) in [4.78, 5) is 2.09. The summed E-state index contributed by atoms with van der Waals surface area (Å²) in [7, 11) is -4.72. The van der Waals surface area contributed by atoms with Crippen LogP contribution in [0.3, 0.4) is 0 Å². The van der Waals surface area contributed by atoms with Crippen molar-refractivity contribution in [3.05, 3.63) is 149 Å². The van der Waals surface area contributed by atoms with Crippen molar-refractivity contribution in [2.45, 2.75) is 58.3 Å². The molecule has 0 fully saturated rings. The van der Waals surface area contributed by atoms with Crippen LogP contribution < -0.4 is 4.90 Å². The maximum absolute atomic E-state index is 12.5. The van der Waals surface area contributed by atoms with Gasteiger partial charge < -0.3 is 9.45 Å². The lowest BCUT2D eigenvalue weighted by Gasteiger charge is -2.26. The fraction of sp³-hybridized carbons (Fsp3) is 0.244. The maximum atomic E-state index is 12.5. The van der Waals surface area contributed by atoms with Gasteiger partial charge in [0.25, 0.3) is 0 Å². The first-order valence-electron chi connectivity index (χ1n) is 16.5. The van der Waals surface area contributed by atoms with E-state index in [0.717, 1.165) is 72.7 Å². The molecule has 0 aliphatic heterocycles. The predicted octanol–water partition coefficient (Wildman–Crippen LogP) is 9.66. The van der Waals surface area contributed by atoms with Gasteiger partial charge in [0.2, 0.25) is 11.4 Å². The number of unbranched alkanes of at least 4 members (excludes halogenated alkanes) is 2. The number of allylic oxidation sites excluding steroid dienone is 5. The fourth-order valence-corrected chi connectivity index (χ4v) is 6.57. The highest BCUT2D eigenvalue weighted by Gasteiger charge is 2.21. The second-order valence-corrected chi connectivity index (χ2v) is 13.4. The van der Waals surface area contributed by atoms with Gasteiger partial charge in [-0.05, 0) is 79.5 Å². The summed E-state index contributed by atoms with van der Waals surface area (Å²) in [5, 5.41) is 0. The molecule has 0 saturated carbocycles. The van der Waals surface area contributed by atoms with Crippen molar-refractivity contribution in [2.24, 2.45) is 0 Å². The number of rotatable bonds is 12. The summed E-state index contributed by atoms with van der Waals surface area (Å²) in [6.45, 7) is 10.3. The van der Waals surface area contributed by atoms with E-state index in [1.54, 1.807) is 18.2 Å². The first-order valence-corrected chi connectivity index (χ1v) is 17.9. The van der Waals surface area contributed by atoms with Crippen LogP contribution in [0.4, 0.5) is 17.1 Å². The number of hydrogen-bond acceptors (Lipinski definition) is 4. The van der Waals surface area contributed by atoms with Crippen LogP contribution in [0.2, 0.25) is 0 Å². The van der Waals surface area contributed by atoms with Crippen molar-refractivity contribution in [1.82, 2.24) is 0 Å². The Hall–Kier alpha value is -4.52. The molecule has 0 spiro atoms. The Bertz CT molecular complexity index is 1900. The number of benzene rings is 4. The van der Waals surface area contributed by atoms with E-state index in [-0.39, 0.29) is 4.90 Å². The largest absolute Gasteiger partial charge is 0.744 e. The lowest BCUT2D eigenvalue weighted by atomic mass is 9.90. The van der Waals surface area contributed by atoms with E-state index in [2.05, 4.69) is 110 Å². The van der Waals surface area contributed by atoms with Crippen LogP contribution in [0.1, 0.15) is 61.8 Å². The van der Waals surface area contributed by atoms with Crippen LogP contribution in [0.25, 0.3) is 5.57 Å². The van der Waals surface area contributed by atoms with Gasteiger partial charge in [-0.25, -0.2) is 8.42 Å². The summed E-state index contributed by atoms with van der Waals surface area (Å²) < 4.78 is 39.8. The van der Waals surface area contributed by atoms with Crippen molar-refractivity contribution in [3.8, 4) is 0 Å². The lowest BCUT2D eigenvalue weighted by Crippen LogP contribution is -2.18. The summed E-state index contributed by atoms with van der Waals surface area (Å²) >= 11 is 0. The van der Waals surface area contributed by atoms with Gasteiger partial charge in [0.1, 0.15) is 16.7 Å². The Labute approximate surface area is 280 Å². The predicted molar refractivity (Wildman–Crippen MR) is 194 cm³/mol. The molecule has 0 atom stereocenters. The Morgan fingerprint density at radius 1 is 0.702 bits per heavy atom. The molecule has 5 nitrogen and oxygen atoms in total. The molecule has 47 heavy (non-hydrogen) atoms. The Morgan fingerprint density at radius 3 is 1.83 bits per heavy atom. The van der Waals surface area contributed by atoms with E-state index in [1.807, 2.05) is 24.3 Å². The van der Waals surface area contributed by atoms with E-state index < -0.39 is 10.1 Å². The van der Waals surface area contributed by atoms with E-state index >= 15 is 0 Å². The third-order valence-electron chi connectivity index (χ3n) is 8.52. The first kappa shape index (κ1) is 33.8. The van der Waals surface area contributed by atoms with Crippen LogP contribution in [0.5, 0.6) is 0 Å². The smallest absolute Gasteiger partial charge is 0.205 e. The van der Waals surface area contributed by atoms with Crippen molar-refractivity contribution in [3.63, 3.8) is 0 Å². The van der Waals surface area contributed by atoms with Gasteiger partial charge in [-0.15, -0.1) is 0 Å². The highest BCUT2D eigenvalue weighted by molar-refractivity contribution is 7.85. The molecule has 242 valence electrons. The fourth-order valence-electron chi connectivity index (χ4n) is 5.88. The molecule has 5 rings (SSSR count). The minimum Gasteiger partial charge on any atom is -0.744 e. The molecule has 6 heteroatoms. The minimum absolute atomic E-state index is 0.225. The zero-order valence-corrected chi connectivity index (χ0v) is 28.6. The molecule has 4 aromatic rings. The van der Waals surface area contributed by atoms with Gasteiger partial charge in [-0.3, -0.25) is 0 Å². The van der Waals surface area contributed by atoms with Crippen LogP contribution in [-0.2, 0) is 10.1 Å². The van der Waals surface area contributed by atoms with Crippen LogP contribution in [0, 0.1) is 13.8 Å². The molecular formula is C41H44N2O3S. The van der Waals surface area contributed by atoms with E-state index in [4.69, 9.17) is 0 Å². The van der Waals surface area contributed by atoms with Crippen molar-refractivity contribution in [2.75, 3.05) is 18.0 Å². The molecule has 0 unspecified atom stereocenters. The summed E-state index contributed by atoms with van der Waals surface area (Å²) in [6.07, 6.45) is 12.5. The quantitative estimate of drug-likeness (QED) is 0.114. The SMILES string of the molecule is CCCCN(c1ccc(C)cc1)c1ccc(C(=C2C=CC(=[N+](CCCC)c3ccc(C)cc3)C=C2)c2ccccc2S(=O)(=O)[O-])cc1. The second kappa shape index (κ2) is 15.4. The second-order valence-electron chi connectivity index (χ2n) is 12.1. The van der Waals surface area contributed by atoms with Gasteiger partial charge in [-0.1, -0.05) is 92.4 Å². The third kappa shape index (κ3) is 8.26. The molecule has 0 amide bonds. The lowest BCUT2D eigenvalue weighted by molar-refractivity contribution is -0.439. The van der Waals surface area contributed by atoms with Gasteiger partial charge in [0.15, 0.2) is 0 Å². The molecule has 0 N–H and O–H groups in total. The van der Waals surface area contributed by atoms with Gasteiger partial charge in [0.05, 0.1) is 4.90 Å². The number of aryl methyl sites for hydroxylation is 2. The first-order chi connectivity index (χ1) is 22.7. The Kier molecular flexibility index (Phi) is 11.1. The van der Waals surface area contributed by atoms with Crippen molar-refractivity contribution >= 4 is 38.5 Å². The van der Waals surface area contributed by atoms with Crippen LogP contribution in [-0.4, -0.2) is 36.3 Å². The number of nitrogens with zero attached hydrogens (tertiary/aromatic N) is 2. The average molecular weight is 645 g/mol. The summed E-state index contributed by atoms with van der Waals surface area (Å²) in [5.41, 5.74) is 9.53. The summed E-state index contributed by atoms with van der Waals surface area (Å²) in [5.74, 6) is 0.